The van der Waals surface area contributed by atoms with E-state index < -0.39 is 0 Å². The number of nitrogens with zero attached hydrogens (tertiary/aromatic N) is 2. The number of hydrogen-bond acceptors (Lipinski definition) is 4. The summed E-state index contributed by atoms with van der Waals surface area (Å²) < 4.78 is 13.6. The first-order valence-electron chi connectivity index (χ1n) is 7.88. The monoisotopic (exact) mass is 299 g/mol. The largest absolute Gasteiger partial charge is 0.486 e. The van der Waals surface area contributed by atoms with E-state index in [9.17, 15) is 0 Å². The Bertz CT molecular complexity index is 723. The Morgan fingerprint density at radius 3 is 2.82 bits per heavy atom. The highest BCUT2D eigenvalue weighted by Gasteiger charge is 2.27. The average molecular weight is 299 g/mol. The van der Waals surface area contributed by atoms with Gasteiger partial charge in [-0.05, 0) is 38.5 Å². The lowest BCUT2D eigenvalue weighted by Crippen LogP contribution is -2.36. The summed E-state index contributed by atoms with van der Waals surface area (Å²) in [6, 6.07) is 6.55. The van der Waals surface area contributed by atoms with Crippen LogP contribution >= 0.6 is 0 Å². The predicted octanol–water partition coefficient (Wildman–Crippen LogP) is 2.46. The van der Waals surface area contributed by atoms with Crippen molar-refractivity contribution in [3.05, 3.63) is 29.7 Å². The summed E-state index contributed by atoms with van der Waals surface area (Å²) in [5.41, 5.74) is 9.49. The van der Waals surface area contributed by atoms with Crippen molar-refractivity contribution in [3.63, 3.8) is 0 Å². The maximum atomic E-state index is 6.22. The van der Waals surface area contributed by atoms with Crippen LogP contribution in [0.5, 0.6) is 11.5 Å². The molecule has 2 unspecified atom stereocenters. The highest BCUT2D eigenvalue weighted by Crippen LogP contribution is 2.37. The van der Waals surface area contributed by atoms with Crippen LogP contribution in [0.3, 0.4) is 0 Å². The Balaban J connectivity index is 1.79. The van der Waals surface area contributed by atoms with Gasteiger partial charge in [0, 0.05) is 29.8 Å². The van der Waals surface area contributed by atoms with Crippen molar-refractivity contribution in [2.75, 3.05) is 13.2 Å². The Morgan fingerprint density at radius 2 is 2.00 bits per heavy atom. The Kier molecular flexibility index (Phi) is 3.11. The van der Waals surface area contributed by atoms with E-state index in [4.69, 9.17) is 20.2 Å². The zero-order chi connectivity index (χ0) is 15.3. The minimum Gasteiger partial charge on any atom is -0.486 e. The van der Waals surface area contributed by atoms with Gasteiger partial charge in [0.25, 0.3) is 0 Å². The summed E-state index contributed by atoms with van der Waals surface area (Å²) in [5, 5.41) is 0. The van der Waals surface area contributed by atoms with Gasteiger partial charge in [0.15, 0.2) is 11.5 Å². The molecule has 0 bridgehead atoms. The molecule has 5 heteroatoms. The van der Waals surface area contributed by atoms with E-state index in [0.29, 0.717) is 19.3 Å². The first-order chi connectivity index (χ1) is 10.6. The van der Waals surface area contributed by atoms with Gasteiger partial charge in [0.05, 0.1) is 5.69 Å². The number of imidazole rings is 1. The second-order valence-electron chi connectivity index (χ2n) is 6.13. The molecule has 0 amide bonds. The molecule has 116 valence electrons. The van der Waals surface area contributed by atoms with Crippen LogP contribution in [-0.2, 0) is 6.42 Å². The lowest BCUT2D eigenvalue weighted by Gasteiger charge is -2.29. The molecule has 1 aromatic carbocycles. The Morgan fingerprint density at radius 1 is 1.23 bits per heavy atom. The van der Waals surface area contributed by atoms with Crippen molar-refractivity contribution < 1.29 is 9.47 Å². The molecule has 0 saturated carbocycles. The number of rotatable bonds is 1. The molecule has 0 radical (unpaired) electrons. The molecule has 2 aromatic rings. The molecular weight excluding hydrogens is 278 g/mol. The van der Waals surface area contributed by atoms with Gasteiger partial charge in [0.2, 0.25) is 0 Å². The molecule has 4 rings (SSSR count). The SMILES string of the molecule is Cc1c(-c2ccc3c(c2)OCCO3)nc2n1C(C)C(N)CC2. The molecule has 0 fully saturated rings. The smallest absolute Gasteiger partial charge is 0.162 e. The molecule has 5 nitrogen and oxygen atoms in total. The minimum atomic E-state index is 0.202. The summed E-state index contributed by atoms with van der Waals surface area (Å²) in [4.78, 5) is 4.87. The molecule has 22 heavy (non-hydrogen) atoms. The van der Waals surface area contributed by atoms with E-state index in [1.54, 1.807) is 0 Å². The molecular formula is C17H21N3O2. The molecule has 2 N–H and O–H groups in total. The summed E-state index contributed by atoms with van der Waals surface area (Å²) in [6.45, 7) is 5.51. The fourth-order valence-corrected chi connectivity index (χ4v) is 3.48. The number of benzene rings is 1. The third kappa shape index (κ3) is 2.00. The number of nitrogens with two attached hydrogens (primary N) is 1. The Labute approximate surface area is 130 Å². The van der Waals surface area contributed by atoms with E-state index >= 15 is 0 Å². The first kappa shape index (κ1) is 13.6. The number of ether oxygens (including phenoxy) is 2. The first-order valence-corrected chi connectivity index (χ1v) is 7.88. The fraction of sp³-hybridized carbons (Fsp3) is 0.471. The maximum absolute atomic E-state index is 6.22. The number of hydrogen-bond donors (Lipinski definition) is 1. The normalized spacial score (nSPS) is 23.2. The van der Waals surface area contributed by atoms with Crippen LogP contribution in [0.25, 0.3) is 11.3 Å². The van der Waals surface area contributed by atoms with E-state index in [1.165, 1.54) is 5.69 Å². The van der Waals surface area contributed by atoms with Crippen molar-refractivity contribution >= 4 is 0 Å². The zero-order valence-electron chi connectivity index (χ0n) is 13.0. The van der Waals surface area contributed by atoms with E-state index in [0.717, 1.165) is 41.4 Å². The van der Waals surface area contributed by atoms with Crippen molar-refractivity contribution in [1.82, 2.24) is 9.55 Å². The fourth-order valence-electron chi connectivity index (χ4n) is 3.48. The minimum absolute atomic E-state index is 0.202. The molecule has 0 aliphatic carbocycles. The topological polar surface area (TPSA) is 62.3 Å². The zero-order valence-corrected chi connectivity index (χ0v) is 13.0. The molecule has 0 saturated heterocycles. The lowest BCUT2D eigenvalue weighted by atomic mass is 10.0. The van der Waals surface area contributed by atoms with Gasteiger partial charge >= 0.3 is 0 Å². The summed E-state index contributed by atoms with van der Waals surface area (Å²) in [7, 11) is 0. The molecule has 2 aliphatic rings. The molecule has 2 atom stereocenters. The summed E-state index contributed by atoms with van der Waals surface area (Å²) >= 11 is 0. The average Bonchev–Trinajstić information content (AvgIpc) is 2.88. The van der Waals surface area contributed by atoms with Crippen LogP contribution in [0.4, 0.5) is 0 Å². The maximum Gasteiger partial charge on any atom is 0.162 e. The highest BCUT2D eigenvalue weighted by atomic mass is 16.6. The van der Waals surface area contributed by atoms with Crippen molar-refractivity contribution in [2.24, 2.45) is 5.73 Å². The van der Waals surface area contributed by atoms with E-state index in [1.807, 2.05) is 12.1 Å². The van der Waals surface area contributed by atoms with Crippen LogP contribution in [-0.4, -0.2) is 28.8 Å². The van der Waals surface area contributed by atoms with Crippen molar-refractivity contribution in [2.45, 2.75) is 38.8 Å². The van der Waals surface area contributed by atoms with E-state index in [2.05, 4.69) is 24.5 Å². The van der Waals surface area contributed by atoms with Crippen molar-refractivity contribution in [1.29, 1.82) is 0 Å². The van der Waals surface area contributed by atoms with Crippen LogP contribution < -0.4 is 15.2 Å². The molecule has 1 aromatic heterocycles. The second kappa shape index (κ2) is 5.02. The van der Waals surface area contributed by atoms with Gasteiger partial charge in [-0.1, -0.05) is 0 Å². The van der Waals surface area contributed by atoms with Gasteiger partial charge in [-0.25, -0.2) is 4.98 Å². The van der Waals surface area contributed by atoms with Crippen LogP contribution in [0.2, 0.25) is 0 Å². The lowest BCUT2D eigenvalue weighted by molar-refractivity contribution is 0.171. The van der Waals surface area contributed by atoms with Gasteiger partial charge in [0.1, 0.15) is 19.0 Å². The van der Waals surface area contributed by atoms with Crippen molar-refractivity contribution in [3.8, 4) is 22.8 Å². The quantitative estimate of drug-likeness (QED) is 0.878. The van der Waals surface area contributed by atoms with Crippen LogP contribution in [0.1, 0.15) is 30.9 Å². The Hall–Kier alpha value is -2.01. The van der Waals surface area contributed by atoms with E-state index in [-0.39, 0.29) is 6.04 Å². The third-order valence-corrected chi connectivity index (χ3v) is 4.77. The molecule has 3 heterocycles. The standard InChI is InChI=1S/C17H21N3O2/c1-10-13(18)4-6-16-19-17(11(2)20(10)16)12-3-5-14-15(9-12)22-8-7-21-14/h3,5,9-10,13H,4,6-8,18H2,1-2H3. The van der Waals surface area contributed by atoms with Gasteiger partial charge in [-0.3, -0.25) is 0 Å². The third-order valence-electron chi connectivity index (χ3n) is 4.77. The number of fused-ring (bicyclic) bond motifs is 2. The second-order valence-corrected chi connectivity index (χ2v) is 6.13. The van der Waals surface area contributed by atoms with Crippen LogP contribution in [0.15, 0.2) is 18.2 Å². The summed E-state index contributed by atoms with van der Waals surface area (Å²) in [6.07, 6.45) is 1.94. The number of aryl methyl sites for hydroxylation is 1. The highest BCUT2D eigenvalue weighted by molar-refractivity contribution is 5.66. The summed E-state index contributed by atoms with van der Waals surface area (Å²) in [5.74, 6) is 2.75. The predicted molar refractivity (Wildman–Crippen MR) is 84.4 cm³/mol. The molecule has 0 spiro atoms. The number of aromatic nitrogens is 2. The van der Waals surface area contributed by atoms with Gasteiger partial charge in [-0.15, -0.1) is 0 Å². The van der Waals surface area contributed by atoms with Gasteiger partial charge < -0.3 is 19.8 Å². The molecule has 2 aliphatic heterocycles. The van der Waals surface area contributed by atoms with Gasteiger partial charge in [-0.2, -0.15) is 0 Å². The van der Waals surface area contributed by atoms with Crippen LogP contribution in [0, 0.1) is 6.92 Å².